The van der Waals surface area contributed by atoms with Crippen molar-refractivity contribution in [3.05, 3.63) is 28.2 Å². The second-order valence-corrected chi connectivity index (χ2v) is 8.02. The van der Waals surface area contributed by atoms with E-state index in [1.165, 1.54) is 22.5 Å². The molecule has 2 rings (SSSR count). The molecule has 2 N–H and O–H groups in total. The minimum Gasteiger partial charge on any atom is -0.328 e. The highest BCUT2D eigenvalue weighted by atomic mass is 35.5. The smallest absolute Gasteiger partial charge is 0.243 e. The molecule has 1 fully saturated rings. The maximum atomic E-state index is 12.5. The molecular weight excluding hydrogens is 355 g/mol. The third-order valence-corrected chi connectivity index (χ3v) is 6.03. The summed E-state index contributed by atoms with van der Waals surface area (Å²) < 4.78 is 26.6. The molecule has 1 aromatic carbocycles. The largest absolute Gasteiger partial charge is 0.328 e. The molecule has 8 heteroatoms. The van der Waals surface area contributed by atoms with Gasteiger partial charge in [0.1, 0.15) is 0 Å². The number of nitrogens with two attached hydrogens (primary N) is 1. The van der Waals surface area contributed by atoms with Crippen molar-refractivity contribution < 1.29 is 8.42 Å². The minimum atomic E-state index is -3.53. The van der Waals surface area contributed by atoms with Crippen LogP contribution in [0.1, 0.15) is 19.8 Å². The fourth-order valence-electron chi connectivity index (χ4n) is 2.47. The van der Waals surface area contributed by atoms with Gasteiger partial charge in [-0.2, -0.15) is 4.31 Å². The van der Waals surface area contributed by atoms with E-state index in [0.717, 1.165) is 12.8 Å². The fraction of sp³-hybridized carbons (Fsp3) is 0.538. The van der Waals surface area contributed by atoms with Crippen LogP contribution in [0.15, 0.2) is 23.1 Å². The molecule has 1 atom stereocenters. The molecule has 4 nitrogen and oxygen atoms in total. The van der Waals surface area contributed by atoms with Gasteiger partial charge in [0.25, 0.3) is 0 Å². The van der Waals surface area contributed by atoms with E-state index in [0.29, 0.717) is 29.1 Å². The Balaban J connectivity index is 0.00000220. The van der Waals surface area contributed by atoms with Gasteiger partial charge in [-0.3, -0.25) is 0 Å². The average molecular weight is 374 g/mol. The molecule has 1 aliphatic heterocycles. The summed E-state index contributed by atoms with van der Waals surface area (Å²) in [7, 11) is -3.53. The number of hydrogen-bond acceptors (Lipinski definition) is 3. The standard InChI is InChI=1S/C13H18Cl2N2O2S.ClH/c1-9(16)10-2-4-17(5-3-10)20(18,19)13-7-11(14)6-12(15)8-13;/h6-10H,2-5,16H2,1H3;1H. The van der Waals surface area contributed by atoms with Crippen LogP contribution in [0.4, 0.5) is 0 Å². The van der Waals surface area contributed by atoms with E-state index < -0.39 is 10.0 Å². The number of halogens is 3. The van der Waals surface area contributed by atoms with Crippen molar-refractivity contribution in [2.75, 3.05) is 13.1 Å². The average Bonchev–Trinajstić information content (AvgIpc) is 2.37. The van der Waals surface area contributed by atoms with Gasteiger partial charge in [0.05, 0.1) is 4.90 Å². The van der Waals surface area contributed by atoms with Gasteiger partial charge >= 0.3 is 0 Å². The Bertz CT molecular complexity index is 565. The van der Waals surface area contributed by atoms with Crippen LogP contribution < -0.4 is 5.73 Å². The van der Waals surface area contributed by atoms with Gasteiger partial charge in [-0.1, -0.05) is 23.2 Å². The molecule has 0 spiro atoms. The maximum absolute atomic E-state index is 12.5. The zero-order valence-corrected chi connectivity index (χ0v) is 14.8. The van der Waals surface area contributed by atoms with Gasteiger partial charge in [-0.05, 0) is 43.9 Å². The Hall–Kier alpha value is -0.0400. The summed E-state index contributed by atoms with van der Waals surface area (Å²) in [6, 6.07) is 4.48. The van der Waals surface area contributed by atoms with Gasteiger partial charge in [0.15, 0.2) is 0 Å². The van der Waals surface area contributed by atoms with Crippen LogP contribution >= 0.6 is 35.6 Å². The van der Waals surface area contributed by atoms with E-state index in [2.05, 4.69) is 0 Å². The predicted octanol–water partition coefficient (Wildman–Crippen LogP) is 3.16. The molecule has 1 heterocycles. The molecule has 1 unspecified atom stereocenters. The molecule has 1 aliphatic rings. The number of benzene rings is 1. The normalized spacial score (nSPS) is 19.0. The van der Waals surface area contributed by atoms with E-state index in [-0.39, 0.29) is 23.3 Å². The van der Waals surface area contributed by atoms with Gasteiger partial charge in [-0.15, -0.1) is 12.4 Å². The molecule has 0 saturated carbocycles. The van der Waals surface area contributed by atoms with Crippen molar-refractivity contribution in [3.8, 4) is 0 Å². The maximum Gasteiger partial charge on any atom is 0.243 e. The summed E-state index contributed by atoms with van der Waals surface area (Å²) in [5.74, 6) is 0.379. The van der Waals surface area contributed by atoms with Gasteiger partial charge in [0, 0.05) is 29.2 Å². The third-order valence-electron chi connectivity index (χ3n) is 3.72. The topological polar surface area (TPSA) is 63.4 Å². The Morgan fingerprint density at radius 2 is 1.67 bits per heavy atom. The van der Waals surface area contributed by atoms with Crippen molar-refractivity contribution in [2.45, 2.75) is 30.7 Å². The van der Waals surface area contributed by atoms with Crippen molar-refractivity contribution >= 4 is 45.6 Å². The van der Waals surface area contributed by atoms with Crippen molar-refractivity contribution in [3.63, 3.8) is 0 Å². The first-order valence-electron chi connectivity index (χ1n) is 6.52. The molecule has 0 amide bonds. The van der Waals surface area contributed by atoms with Crippen molar-refractivity contribution in [1.82, 2.24) is 4.31 Å². The fourth-order valence-corrected chi connectivity index (χ4v) is 4.67. The van der Waals surface area contributed by atoms with Gasteiger partial charge in [-0.25, -0.2) is 8.42 Å². The first-order valence-corrected chi connectivity index (χ1v) is 8.72. The molecule has 21 heavy (non-hydrogen) atoms. The van der Waals surface area contributed by atoms with Crippen molar-refractivity contribution in [2.24, 2.45) is 11.7 Å². The zero-order valence-electron chi connectivity index (χ0n) is 11.6. The van der Waals surface area contributed by atoms with Crippen LogP contribution in [0.25, 0.3) is 0 Å². The number of hydrogen-bond donors (Lipinski definition) is 1. The molecule has 0 aliphatic carbocycles. The molecular formula is C13H19Cl3N2O2S. The molecule has 1 aromatic rings. The second-order valence-electron chi connectivity index (χ2n) is 5.21. The first-order chi connectivity index (χ1) is 9.30. The highest BCUT2D eigenvalue weighted by Gasteiger charge is 2.30. The SMILES string of the molecule is CC(N)C1CCN(S(=O)(=O)c2cc(Cl)cc(Cl)c2)CC1.Cl. The van der Waals surface area contributed by atoms with Crippen molar-refractivity contribution in [1.29, 1.82) is 0 Å². The highest BCUT2D eigenvalue weighted by molar-refractivity contribution is 7.89. The number of piperidine rings is 1. The quantitative estimate of drug-likeness (QED) is 0.885. The lowest BCUT2D eigenvalue weighted by molar-refractivity contribution is 0.250. The number of rotatable bonds is 3. The van der Waals surface area contributed by atoms with Crippen LogP contribution in [0.3, 0.4) is 0 Å². The molecule has 0 radical (unpaired) electrons. The van der Waals surface area contributed by atoms with E-state index in [1.807, 2.05) is 6.92 Å². The van der Waals surface area contributed by atoms with Crippen LogP contribution in [-0.4, -0.2) is 31.9 Å². The Kier molecular flexibility index (Phi) is 6.78. The minimum absolute atomic E-state index is 0. The zero-order chi connectivity index (χ0) is 14.9. The summed E-state index contributed by atoms with van der Waals surface area (Å²) in [6.07, 6.45) is 1.57. The molecule has 0 aromatic heterocycles. The lowest BCUT2D eigenvalue weighted by Gasteiger charge is -2.33. The summed E-state index contributed by atoms with van der Waals surface area (Å²) in [4.78, 5) is 0.147. The second kappa shape index (κ2) is 7.49. The Morgan fingerprint density at radius 1 is 1.19 bits per heavy atom. The number of nitrogens with zero attached hydrogens (tertiary/aromatic N) is 1. The lowest BCUT2D eigenvalue weighted by Crippen LogP contribution is -2.42. The summed E-state index contributed by atoms with van der Waals surface area (Å²) in [5.41, 5.74) is 5.87. The van der Waals surface area contributed by atoms with E-state index in [4.69, 9.17) is 28.9 Å². The predicted molar refractivity (Wildman–Crippen MR) is 88.8 cm³/mol. The Labute approximate surface area is 142 Å². The lowest BCUT2D eigenvalue weighted by atomic mass is 9.92. The van der Waals surface area contributed by atoms with Gasteiger partial charge < -0.3 is 5.73 Å². The number of sulfonamides is 1. The Morgan fingerprint density at radius 3 is 2.10 bits per heavy atom. The summed E-state index contributed by atoms with van der Waals surface area (Å²) in [6.45, 7) is 2.93. The van der Waals surface area contributed by atoms with Crippen LogP contribution in [0.2, 0.25) is 10.0 Å². The van der Waals surface area contributed by atoms with Crippen LogP contribution in [0, 0.1) is 5.92 Å². The molecule has 120 valence electrons. The summed E-state index contributed by atoms with van der Waals surface area (Å²) in [5, 5.41) is 0.642. The first kappa shape index (κ1) is 19.0. The van der Waals surface area contributed by atoms with Crippen LogP contribution in [-0.2, 0) is 10.0 Å². The highest BCUT2D eigenvalue weighted by Crippen LogP contribution is 2.28. The monoisotopic (exact) mass is 372 g/mol. The van der Waals surface area contributed by atoms with Gasteiger partial charge in [0.2, 0.25) is 10.0 Å². The molecule has 1 saturated heterocycles. The molecule has 0 bridgehead atoms. The van der Waals surface area contributed by atoms with Crippen LogP contribution in [0.5, 0.6) is 0 Å². The van der Waals surface area contributed by atoms with E-state index in [1.54, 1.807) is 0 Å². The van der Waals surface area contributed by atoms with E-state index in [9.17, 15) is 8.42 Å². The van der Waals surface area contributed by atoms with E-state index >= 15 is 0 Å². The third kappa shape index (κ3) is 4.47. The summed E-state index contributed by atoms with van der Waals surface area (Å²) >= 11 is 11.8.